The number of benzene rings is 1. The third-order valence-electron chi connectivity index (χ3n) is 1.42. The van der Waals surface area contributed by atoms with Crippen LogP contribution in [0.3, 0.4) is 0 Å². The highest BCUT2D eigenvalue weighted by Crippen LogP contribution is 2.27. The average Bonchev–Trinajstić information content (AvgIpc) is 2.22. The fourth-order valence-electron chi connectivity index (χ4n) is 0.704. The normalized spacial score (nSPS) is 8.50. The molecule has 0 amide bonds. The van der Waals surface area contributed by atoms with Gasteiger partial charge in [0.2, 0.25) is 0 Å². The minimum Gasteiger partial charge on any atom is -0.504 e. The molecule has 0 aromatic heterocycles. The summed E-state index contributed by atoms with van der Waals surface area (Å²) in [5.41, 5.74) is -0.301. The van der Waals surface area contributed by atoms with Crippen molar-refractivity contribution >= 4 is 11.9 Å². The Balaban J connectivity index is 0.000000385. The summed E-state index contributed by atoms with van der Waals surface area (Å²) in [7, 11) is 0. The van der Waals surface area contributed by atoms with Crippen molar-refractivity contribution in [2.75, 3.05) is 0 Å². The Morgan fingerprint density at radius 3 is 2.00 bits per heavy atom. The summed E-state index contributed by atoms with van der Waals surface area (Å²) in [6, 6.07) is 3.76. The predicted molar refractivity (Wildman–Crippen MR) is 54.6 cm³/mol. The molecule has 0 aliphatic rings. The molecular formula is C10H10O6. The molecule has 0 spiro atoms. The maximum Gasteiger partial charge on any atom is 0.339 e. The summed E-state index contributed by atoms with van der Waals surface area (Å²) < 4.78 is 0. The van der Waals surface area contributed by atoms with Crippen LogP contribution in [0.4, 0.5) is 0 Å². The van der Waals surface area contributed by atoms with Crippen LogP contribution in [0.1, 0.15) is 10.4 Å². The molecule has 0 fully saturated rings. The summed E-state index contributed by atoms with van der Waals surface area (Å²) in [6.45, 7) is 2.96. The zero-order chi connectivity index (χ0) is 12.7. The lowest BCUT2D eigenvalue weighted by molar-refractivity contribution is -0.131. The summed E-state index contributed by atoms with van der Waals surface area (Å²) in [6.07, 6.45) is 0.833. The Kier molecular flexibility index (Phi) is 5.12. The van der Waals surface area contributed by atoms with E-state index in [9.17, 15) is 9.59 Å². The summed E-state index contributed by atoms with van der Waals surface area (Å²) in [4.78, 5) is 19.6. The molecular weight excluding hydrogens is 216 g/mol. The number of carboxylic acid groups (broad SMARTS) is 2. The highest BCUT2D eigenvalue weighted by Gasteiger charge is 2.11. The second kappa shape index (κ2) is 6.07. The van der Waals surface area contributed by atoms with Crippen LogP contribution >= 0.6 is 0 Å². The number of hydrogen-bond donors (Lipinski definition) is 4. The van der Waals surface area contributed by atoms with Gasteiger partial charge in [-0.1, -0.05) is 12.6 Å². The Morgan fingerprint density at radius 1 is 1.19 bits per heavy atom. The van der Waals surface area contributed by atoms with Gasteiger partial charge in [-0.05, 0) is 12.1 Å². The van der Waals surface area contributed by atoms with E-state index < -0.39 is 23.4 Å². The molecule has 86 valence electrons. The highest BCUT2D eigenvalue weighted by molar-refractivity contribution is 5.91. The number of aromatic carboxylic acids is 1. The Labute approximate surface area is 90.7 Å². The van der Waals surface area contributed by atoms with Gasteiger partial charge in [-0.25, -0.2) is 9.59 Å². The summed E-state index contributed by atoms with van der Waals surface area (Å²) in [5, 5.41) is 33.8. The van der Waals surface area contributed by atoms with Crippen molar-refractivity contribution in [3.63, 3.8) is 0 Å². The molecule has 0 radical (unpaired) electrons. The topological polar surface area (TPSA) is 115 Å². The molecule has 1 aromatic rings. The van der Waals surface area contributed by atoms with E-state index in [4.69, 9.17) is 20.4 Å². The number of hydrogen-bond acceptors (Lipinski definition) is 4. The molecule has 0 atom stereocenters. The standard InChI is InChI=1S/C7H6O4.C3H4O2/c8-5-3-1-2-4(6(5)9)7(10)11;1-2-3(4)5/h1-3,8-9H,(H,10,11);2H,1H2,(H,4,5). The first-order chi connectivity index (χ1) is 7.40. The van der Waals surface area contributed by atoms with Crippen molar-refractivity contribution < 1.29 is 30.0 Å². The van der Waals surface area contributed by atoms with E-state index in [0.717, 1.165) is 6.08 Å². The lowest BCUT2D eigenvalue weighted by atomic mass is 10.2. The third kappa shape index (κ3) is 4.14. The number of carboxylic acids is 2. The second-order valence-corrected chi connectivity index (χ2v) is 2.52. The number of aliphatic carboxylic acids is 1. The Morgan fingerprint density at radius 2 is 1.69 bits per heavy atom. The van der Waals surface area contributed by atoms with Crippen LogP contribution in [0.5, 0.6) is 11.5 Å². The number of rotatable bonds is 2. The molecule has 0 aliphatic heterocycles. The molecule has 1 aromatic carbocycles. The van der Waals surface area contributed by atoms with Crippen LogP contribution in [0, 0.1) is 0 Å². The lowest BCUT2D eigenvalue weighted by Gasteiger charge is -1.99. The smallest absolute Gasteiger partial charge is 0.339 e. The van der Waals surface area contributed by atoms with Crippen molar-refractivity contribution in [1.29, 1.82) is 0 Å². The largest absolute Gasteiger partial charge is 0.504 e. The molecule has 0 heterocycles. The molecule has 16 heavy (non-hydrogen) atoms. The monoisotopic (exact) mass is 226 g/mol. The van der Waals surface area contributed by atoms with Gasteiger partial charge in [0.1, 0.15) is 5.56 Å². The summed E-state index contributed by atoms with van der Waals surface area (Å²) in [5.74, 6) is -3.27. The second-order valence-electron chi connectivity index (χ2n) is 2.52. The number of para-hydroxylation sites is 1. The Hall–Kier alpha value is -2.50. The average molecular weight is 226 g/mol. The predicted octanol–water partition coefficient (Wildman–Crippen LogP) is 1.05. The van der Waals surface area contributed by atoms with Crippen molar-refractivity contribution in [2.45, 2.75) is 0 Å². The van der Waals surface area contributed by atoms with Crippen LogP contribution in [-0.2, 0) is 4.79 Å². The van der Waals surface area contributed by atoms with Crippen LogP contribution in [0.15, 0.2) is 30.9 Å². The van der Waals surface area contributed by atoms with Gasteiger partial charge >= 0.3 is 11.9 Å². The van der Waals surface area contributed by atoms with E-state index in [1.807, 2.05) is 0 Å². The van der Waals surface area contributed by atoms with E-state index in [0.29, 0.717) is 0 Å². The van der Waals surface area contributed by atoms with E-state index in [1.165, 1.54) is 18.2 Å². The van der Waals surface area contributed by atoms with Gasteiger partial charge in [0, 0.05) is 6.08 Å². The van der Waals surface area contributed by atoms with Crippen molar-refractivity contribution in [1.82, 2.24) is 0 Å². The maximum atomic E-state index is 10.3. The molecule has 0 saturated heterocycles. The van der Waals surface area contributed by atoms with E-state index in [1.54, 1.807) is 0 Å². The van der Waals surface area contributed by atoms with E-state index in [2.05, 4.69) is 6.58 Å². The number of phenolic OH excluding ortho intramolecular Hbond substituents is 1. The fourth-order valence-corrected chi connectivity index (χ4v) is 0.704. The molecule has 0 aliphatic carbocycles. The van der Waals surface area contributed by atoms with Gasteiger partial charge in [0.15, 0.2) is 11.5 Å². The van der Waals surface area contributed by atoms with Crippen LogP contribution in [0.2, 0.25) is 0 Å². The van der Waals surface area contributed by atoms with Crippen molar-refractivity contribution in [2.24, 2.45) is 0 Å². The molecule has 0 bridgehead atoms. The van der Waals surface area contributed by atoms with E-state index >= 15 is 0 Å². The molecule has 4 N–H and O–H groups in total. The Bertz CT molecular complexity index is 410. The van der Waals surface area contributed by atoms with Gasteiger partial charge in [-0.15, -0.1) is 0 Å². The molecule has 6 heteroatoms. The fraction of sp³-hybridized carbons (Fsp3) is 0. The van der Waals surface area contributed by atoms with Crippen LogP contribution < -0.4 is 0 Å². The first kappa shape index (κ1) is 13.5. The molecule has 0 saturated carbocycles. The first-order valence-electron chi connectivity index (χ1n) is 3.99. The van der Waals surface area contributed by atoms with Gasteiger partial charge in [0.05, 0.1) is 0 Å². The lowest BCUT2D eigenvalue weighted by Crippen LogP contribution is -1.95. The SMILES string of the molecule is C=CC(=O)O.O=C(O)c1cccc(O)c1O. The van der Waals surface area contributed by atoms with Crippen LogP contribution in [0.25, 0.3) is 0 Å². The van der Waals surface area contributed by atoms with Gasteiger partial charge in [-0.3, -0.25) is 0 Å². The minimum absolute atomic E-state index is 0.301. The van der Waals surface area contributed by atoms with Crippen LogP contribution in [-0.4, -0.2) is 32.4 Å². The van der Waals surface area contributed by atoms with Crippen molar-refractivity contribution in [3.8, 4) is 11.5 Å². The number of aromatic hydroxyl groups is 2. The van der Waals surface area contributed by atoms with Gasteiger partial charge in [-0.2, -0.15) is 0 Å². The molecule has 6 nitrogen and oxygen atoms in total. The molecule has 1 rings (SSSR count). The molecule has 0 unspecified atom stereocenters. The third-order valence-corrected chi connectivity index (χ3v) is 1.42. The number of carbonyl (C=O) groups is 2. The van der Waals surface area contributed by atoms with Gasteiger partial charge in [0.25, 0.3) is 0 Å². The highest BCUT2D eigenvalue weighted by atomic mass is 16.4. The zero-order valence-corrected chi connectivity index (χ0v) is 8.12. The minimum atomic E-state index is -1.27. The van der Waals surface area contributed by atoms with Gasteiger partial charge < -0.3 is 20.4 Å². The maximum absolute atomic E-state index is 10.3. The summed E-state index contributed by atoms with van der Waals surface area (Å²) >= 11 is 0. The van der Waals surface area contributed by atoms with E-state index in [-0.39, 0.29) is 5.56 Å². The first-order valence-corrected chi connectivity index (χ1v) is 3.99. The quantitative estimate of drug-likeness (QED) is 0.442. The number of phenols is 2. The van der Waals surface area contributed by atoms with Crippen molar-refractivity contribution in [3.05, 3.63) is 36.4 Å². The zero-order valence-electron chi connectivity index (χ0n) is 8.12.